The number of carbonyl (C=O) groups excluding carboxylic acids is 1. The first kappa shape index (κ1) is 12.8. The Hall–Kier alpha value is -1.62. The number of nitrogens with two attached hydrogens (primary N) is 1. The summed E-state index contributed by atoms with van der Waals surface area (Å²) in [6, 6.07) is 4.75. The number of halogens is 1. The average Bonchev–Trinajstić information content (AvgIpc) is 3.15. The molecule has 1 saturated carbocycles. The van der Waals surface area contributed by atoms with Crippen LogP contribution in [0.1, 0.15) is 19.8 Å². The number of likely N-dealkylation sites (N-methyl/N-ethyl adjacent to an activating group) is 1. The second kappa shape index (κ2) is 5.35. The van der Waals surface area contributed by atoms with E-state index < -0.39 is 5.82 Å². The van der Waals surface area contributed by atoms with E-state index in [4.69, 9.17) is 5.73 Å². The number of benzene rings is 1. The molecule has 98 valence electrons. The molecule has 1 amide bonds. The van der Waals surface area contributed by atoms with Gasteiger partial charge in [-0.05, 0) is 37.6 Å². The molecule has 5 heteroatoms. The predicted octanol–water partition coefficient (Wildman–Crippen LogP) is 1.83. The molecular weight excluding hydrogens is 233 g/mol. The van der Waals surface area contributed by atoms with E-state index in [1.165, 1.54) is 31.0 Å². The number of hydrogen-bond donors (Lipinski definition) is 2. The van der Waals surface area contributed by atoms with E-state index in [1.54, 1.807) is 0 Å². The third kappa shape index (κ3) is 3.20. The normalized spacial score (nSPS) is 14.8. The van der Waals surface area contributed by atoms with Gasteiger partial charge in [0.25, 0.3) is 0 Å². The van der Waals surface area contributed by atoms with Crippen LogP contribution in [0.2, 0.25) is 0 Å². The van der Waals surface area contributed by atoms with Gasteiger partial charge in [-0.15, -0.1) is 0 Å². The van der Waals surface area contributed by atoms with Gasteiger partial charge in [0.05, 0.1) is 12.2 Å². The second-order valence-electron chi connectivity index (χ2n) is 4.58. The van der Waals surface area contributed by atoms with Gasteiger partial charge in [0.15, 0.2) is 0 Å². The summed E-state index contributed by atoms with van der Waals surface area (Å²) >= 11 is 0. The molecule has 4 nitrogen and oxygen atoms in total. The highest BCUT2D eigenvalue weighted by Crippen LogP contribution is 2.26. The van der Waals surface area contributed by atoms with Crippen molar-refractivity contribution in [3.05, 3.63) is 24.0 Å². The first-order chi connectivity index (χ1) is 8.60. The van der Waals surface area contributed by atoms with Crippen LogP contribution in [0.25, 0.3) is 0 Å². The number of rotatable bonds is 5. The fourth-order valence-corrected chi connectivity index (χ4v) is 1.95. The molecule has 0 saturated heterocycles. The third-order valence-corrected chi connectivity index (χ3v) is 3.10. The topological polar surface area (TPSA) is 58.4 Å². The second-order valence-corrected chi connectivity index (χ2v) is 4.58. The van der Waals surface area contributed by atoms with Crippen LogP contribution in [0.15, 0.2) is 18.2 Å². The molecule has 0 unspecified atom stereocenters. The van der Waals surface area contributed by atoms with Crippen molar-refractivity contribution in [3.63, 3.8) is 0 Å². The van der Waals surface area contributed by atoms with E-state index in [9.17, 15) is 9.18 Å². The van der Waals surface area contributed by atoms with Crippen LogP contribution in [0, 0.1) is 5.82 Å². The summed E-state index contributed by atoms with van der Waals surface area (Å²) in [5.74, 6) is -0.559. The van der Waals surface area contributed by atoms with E-state index in [1.807, 2.05) is 6.92 Å². The zero-order valence-electron chi connectivity index (χ0n) is 10.4. The number of carbonyl (C=O) groups is 1. The van der Waals surface area contributed by atoms with Gasteiger partial charge in [0, 0.05) is 11.7 Å². The standard InChI is InChI=1S/C13H18FN3O/c1-2-17(10-4-5-10)8-13(18)16-9-3-6-11(14)12(15)7-9/h3,6-7,10H,2,4-5,8,15H2,1H3,(H,16,18). The SMILES string of the molecule is CCN(CC(=O)Nc1ccc(F)c(N)c1)C1CC1. The van der Waals surface area contributed by atoms with Gasteiger partial charge in [-0.2, -0.15) is 0 Å². The molecule has 0 spiro atoms. The summed E-state index contributed by atoms with van der Waals surface area (Å²) in [4.78, 5) is 14.0. The van der Waals surface area contributed by atoms with Gasteiger partial charge in [-0.25, -0.2) is 4.39 Å². The van der Waals surface area contributed by atoms with E-state index in [2.05, 4.69) is 10.2 Å². The largest absolute Gasteiger partial charge is 0.396 e. The van der Waals surface area contributed by atoms with Crippen molar-refractivity contribution in [1.82, 2.24) is 4.90 Å². The summed E-state index contributed by atoms with van der Waals surface area (Å²) in [5, 5.41) is 2.73. The smallest absolute Gasteiger partial charge is 0.238 e. The summed E-state index contributed by atoms with van der Waals surface area (Å²) in [6.45, 7) is 3.28. The molecule has 0 atom stereocenters. The lowest BCUT2D eigenvalue weighted by Gasteiger charge is -2.19. The maximum atomic E-state index is 13.0. The molecule has 1 aliphatic rings. The molecule has 0 bridgehead atoms. The lowest BCUT2D eigenvalue weighted by atomic mass is 10.2. The molecule has 0 aliphatic heterocycles. The molecule has 18 heavy (non-hydrogen) atoms. The molecule has 0 radical (unpaired) electrons. The Morgan fingerprint density at radius 1 is 1.56 bits per heavy atom. The number of nitrogens with one attached hydrogen (secondary N) is 1. The lowest BCUT2D eigenvalue weighted by molar-refractivity contribution is -0.117. The maximum Gasteiger partial charge on any atom is 0.238 e. The molecule has 1 aromatic rings. The fraction of sp³-hybridized carbons (Fsp3) is 0.462. The lowest BCUT2D eigenvalue weighted by Crippen LogP contribution is -2.34. The van der Waals surface area contributed by atoms with Gasteiger partial charge in [-0.1, -0.05) is 6.92 Å². The molecule has 1 aromatic carbocycles. The third-order valence-electron chi connectivity index (χ3n) is 3.10. The number of hydrogen-bond acceptors (Lipinski definition) is 3. The molecule has 1 aliphatic carbocycles. The Morgan fingerprint density at radius 2 is 2.28 bits per heavy atom. The summed E-state index contributed by atoms with van der Waals surface area (Å²) in [6.07, 6.45) is 2.34. The average molecular weight is 251 g/mol. The molecule has 0 heterocycles. The zero-order valence-corrected chi connectivity index (χ0v) is 10.4. The van der Waals surface area contributed by atoms with Gasteiger partial charge < -0.3 is 11.1 Å². The van der Waals surface area contributed by atoms with E-state index >= 15 is 0 Å². The Labute approximate surface area is 106 Å². The van der Waals surface area contributed by atoms with E-state index in [0.717, 1.165) is 6.54 Å². The predicted molar refractivity (Wildman–Crippen MR) is 69.7 cm³/mol. The Morgan fingerprint density at radius 3 is 2.83 bits per heavy atom. The highest BCUT2D eigenvalue weighted by molar-refractivity contribution is 5.92. The molecule has 1 fully saturated rings. The monoisotopic (exact) mass is 251 g/mol. The van der Waals surface area contributed by atoms with Crippen molar-refractivity contribution in [2.75, 3.05) is 24.1 Å². The van der Waals surface area contributed by atoms with Crippen LogP contribution < -0.4 is 11.1 Å². The molecular formula is C13H18FN3O. The first-order valence-corrected chi connectivity index (χ1v) is 6.19. The highest BCUT2D eigenvalue weighted by Gasteiger charge is 2.28. The van der Waals surface area contributed by atoms with Crippen molar-refractivity contribution in [2.45, 2.75) is 25.8 Å². The minimum Gasteiger partial charge on any atom is -0.396 e. The Bertz CT molecular complexity index is 446. The van der Waals surface area contributed by atoms with Crippen molar-refractivity contribution in [2.24, 2.45) is 0 Å². The van der Waals surface area contributed by atoms with Crippen LogP contribution in [0.3, 0.4) is 0 Å². The first-order valence-electron chi connectivity index (χ1n) is 6.19. The Kier molecular flexibility index (Phi) is 3.81. The summed E-state index contributed by atoms with van der Waals surface area (Å²) in [7, 11) is 0. The van der Waals surface area contributed by atoms with Crippen LogP contribution in [0.4, 0.5) is 15.8 Å². The quantitative estimate of drug-likeness (QED) is 0.785. The maximum absolute atomic E-state index is 13.0. The van der Waals surface area contributed by atoms with Gasteiger partial charge in [-0.3, -0.25) is 9.69 Å². The van der Waals surface area contributed by atoms with Gasteiger partial charge >= 0.3 is 0 Å². The Balaban J connectivity index is 1.91. The van der Waals surface area contributed by atoms with Gasteiger partial charge in [0.1, 0.15) is 5.82 Å². The minimum absolute atomic E-state index is 0.0438. The van der Waals surface area contributed by atoms with Crippen LogP contribution in [-0.4, -0.2) is 29.9 Å². The summed E-state index contributed by atoms with van der Waals surface area (Å²) < 4.78 is 13.0. The number of nitrogen functional groups attached to an aromatic ring is 1. The molecule has 2 rings (SSSR count). The molecule has 0 aromatic heterocycles. The van der Waals surface area contributed by atoms with E-state index in [0.29, 0.717) is 18.3 Å². The number of anilines is 2. The summed E-state index contributed by atoms with van der Waals surface area (Å²) in [5.41, 5.74) is 6.02. The van der Waals surface area contributed by atoms with Crippen molar-refractivity contribution in [3.8, 4) is 0 Å². The van der Waals surface area contributed by atoms with Crippen molar-refractivity contribution < 1.29 is 9.18 Å². The zero-order chi connectivity index (χ0) is 13.1. The van der Waals surface area contributed by atoms with Crippen molar-refractivity contribution in [1.29, 1.82) is 0 Å². The minimum atomic E-state index is -0.471. The number of amides is 1. The number of nitrogens with zero attached hydrogens (tertiary/aromatic N) is 1. The fourth-order valence-electron chi connectivity index (χ4n) is 1.95. The van der Waals surface area contributed by atoms with Crippen molar-refractivity contribution >= 4 is 17.3 Å². The highest BCUT2D eigenvalue weighted by atomic mass is 19.1. The van der Waals surface area contributed by atoms with E-state index in [-0.39, 0.29) is 11.6 Å². The van der Waals surface area contributed by atoms with Crippen LogP contribution in [0.5, 0.6) is 0 Å². The van der Waals surface area contributed by atoms with Crippen LogP contribution >= 0.6 is 0 Å². The van der Waals surface area contributed by atoms with Crippen LogP contribution in [-0.2, 0) is 4.79 Å². The molecule has 3 N–H and O–H groups in total. The van der Waals surface area contributed by atoms with Gasteiger partial charge in [0.2, 0.25) is 5.91 Å².